The summed E-state index contributed by atoms with van der Waals surface area (Å²) in [4.78, 5) is 6.94. The lowest BCUT2D eigenvalue weighted by Gasteiger charge is -2.40. The minimum atomic E-state index is 0.458. The number of fused-ring (bicyclic) bond motifs is 1. The van der Waals surface area contributed by atoms with Gasteiger partial charge >= 0.3 is 0 Å². The Morgan fingerprint density at radius 2 is 2.14 bits per heavy atom. The molecule has 2 heterocycles. The maximum atomic E-state index is 6.25. The van der Waals surface area contributed by atoms with Gasteiger partial charge in [0, 0.05) is 35.2 Å². The van der Waals surface area contributed by atoms with Gasteiger partial charge in [-0.25, -0.2) is 0 Å². The number of pyridine rings is 1. The van der Waals surface area contributed by atoms with Crippen LogP contribution >= 0.6 is 11.6 Å². The third kappa shape index (κ3) is 2.99. The van der Waals surface area contributed by atoms with Gasteiger partial charge in [0.2, 0.25) is 0 Å². The van der Waals surface area contributed by atoms with Gasteiger partial charge in [-0.2, -0.15) is 0 Å². The minimum absolute atomic E-state index is 0.458. The molecule has 4 heteroatoms. The summed E-state index contributed by atoms with van der Waals surface area (Å²) in [5, 5.41) is 5.53. The number of rotatable bonds is 2. The smallest absolute Gasteiger partial charge is 0.0934 e. The van der Waals surface area contributed by atoms with Crippen LogP contribution in [0.2, 0.25) is 5.02 Å². The van der Waals surface area contributed by atoms with Crippen LogP contribution < -0.4 is 5.32 Å². The second-order valence-electron chi connectivity index (χ2n) is 6.28. The largest absolute Gasteiger partial charge is 0.380 e. The quantitative estimate of drug-likeness (QED) is 0.908. The van der Waals surface area contributed by atoms with Crippen LogP contribution in [0, 0.1) is 5.92 Å². The summed E-state index contributed by atoms with van der Waals surface area (Å²) in [6, 6.07) is 9.02. The number of hydrogen-bond donors (Lipinski definition) is 1. The van der Waals surface area contributed by atoms with Gasteiger partial charge in [-0.15, -0.1) is 0 Å². The highest BCUT2D eigenvalue weighted by molar-refractivity contribution is 6.31. The zero-order valence-electron chi connectivity index (χ0n) is 12.8. The molecule has 1 aromatic carbocycles. The van der Waals surface area contributed by atoms with E-state index in [1.54, 1.807) is 0 Å². The molecule has 0 aliphatic carbocycles. The van der Waals surface area contributed by atoms with Crippen molar-refractivity contribution in [1.29, 1.82) is 0 Å². The zero-order valence-corrected chi connectivity index (χ0v) is 13.6. The highest BCUT2D eigenvalue weighted by Gasteiger charge is 2.29. The summed E-state index contributed by atoms with van der Waals surface area (Å²) < 4.78 is 0. The third-order valence-electron chi connectivity index (χ3n) is 4.62. The first-order chi connectivity index (χ1) is 10.0. The Labute approximate surface area is 131 Å². The molecule has 1 saturated heterocycles. The van der Waals surface area contributed by atoms with E-state index in [-0.39, 0.29) is 0 Å². The number of piperidine rings is 1. The highest BCUT2D eigenvalue weighted by Crippen LogP contribution is 2.30. The van der Waals surface area contributed by atoms with E-state index in [0.717, 1.165) is 34.6 Å². The first kappa shape index (κ1) is 14.6. The number of aromatic nitrogens is 1. The average Bonchev–Trinajstić information content (AvgIpc) is 2.44. The maximum Gasteiger partial charge on any atom is 0.0934 e. The van der Waals surface area contributed by atoms with Crippen LogP contribution in [0.1, 0.15) is 20.3 Å². The molecule has 1 N–H and O–H groups in total. The molecule has 1 aromatic heterocycles. The molecule has 3 unspecified atom stereocenters. The van der Waals surface area contributed by atoms with Crippen molar-refractivity contribution in [2.75, 3.05) is 18.9 Å². The average molecular weight is 304 g/mol. The van der Waals surface area contributed by atoms with Gasteiger partial charge in [-0.1, -0.05) is 24.6 Å². The monoisotopic (exact) mass is 303 g/mol. The van der Waals surface area contributed by atoms with Crippen molar-refractivity contribution < 1.29 is 0 Å². The van der Waals surface area contributed by atoms with Crippen molar-refractivity contribution in [2.45, 2.75) is 32.4 Å². The van der Waals surface area contributed by atoms with Gasteiger partial charge in [0.1, 0.15) is 0 Å². The van der Waals surface area contributed by atoms with Gasteiger partial charge < -0.3 is 10.2 Å². The Morgan fingerprint density at radius 3 is 2.95 bits per heavy atom. The van der Waals surface area contributed by atoms with Crippen LogP contribution in [-0.2, 0) is 0 Å². The number of hydrogen-bond acceptors (Lipinski definition) is 3. The second kappa shape index (κ2) is 5.82. The Balaban J connectivity index is 1.91. The number of anilines is 1. The lowest BCUT2D eigenvalue weighted by atomic mass is 9.89. The molecule has 1 aliphatic rings. The molecule has 0 spiro atoms. The van der Waals surface area contributed by atoms with E-state index in [1.807, 2.05) is 24.4 Å². The molecule has 0 amide bonds. The van der Waals surface area contributed by atoms with E-state index in [2.05, 4.69) is 42.2 Å². The molecule has 112 valence electrons. The topological polar surface area (TPSA) is 28.2 Å². The number of nitrogens with one attached hydrogen (secondary N) is 1. The molecule has 3 rings (SSSR count). The molecule has 3 nitrogen and oxygen atoms in total. The van der Waals surface area contributed by atoms with Crippen molar-refractivity contribution in [1.82, 2.24) is 9.88 Å². The van der Waals surface area contributed by atoms with Gasteiger partial charge in [-0.3, -0.25) is 4.98 Å². The fourth-order valence-electron chi connectivity index (χ4n) is 3.21. The van der Waals surface area contributed by atoms with Crippen molar-refractivity contribution >= 4 is 28.2 Å². The Bertz CT molecular complexity index is 643. The summed E-state index contributed by atoms with van der Waals surface area (Å²) in [5.41, 5.74) is 2.05. The van der Waals surface area contributed by atoms with E-state index >= 15 is 0 Å². The van der Waals surface area contributed by atoms with E-state index in [0.29, 0.717) is 18.0 Å². The van der Waals surface area contributed by atoms with E-state index in [4.69, 9.17) is 11.6 Å². The summed E-state index contributed by atoms with van der Waals surface area (Å²) in [7, 11) is 2.20. The molecule has 1 fully saturated rings. The molecule has 3 atom stereocenters. The van der Waals surface area contributed by atoms with Crippen molar-refractivity contribution in [2.24, 2.45) is 5.92 Å². The van der Waals surface area contributed by atoms with Crippen LogP contribution in [0.4, 0.5) is 5.69 Å². The summed E-state index contributed by atoms with van der Waals surface area (Å²) in [5.74, 6) is 0.601. The molecule has 21 heavy (non-hydrogen) atoms. The van der Waals surface area contributed by atoms with Crippen LogP contribution in [0.25, 0.3) is 10.9 Å². The number of likely N-dealkylation sites (tertiary alicyclic amines) is 1. The first-order valence-electron chi connectivity index (χ1n) is 7.55. The third-order valence-corrected chi connectivity index (χ3v) is 4.84. The predicted octanol–water partition coefficient (Wildman–Crippen LogP) is 4.03. The van der Waals surface area contributed by atoms with Crippen LogP contribution in [0.5, 0.6) is 0 Å². The summed E-state index contributed by atoms with van der Waals surface area (Å²) in [6.07, 6.45) is 2.97. The standard InChI is InChI=1S/C17H22ClN3/c1-11-10-21(3)12(2)7-15(11)20-16-9-14(18)8-13-5-4-6-19-17(13)16/h4-6,8-9,11-12,15,20H,7,10H2,1-3H3. The van der Waals surface area contributed by atoms with E-state index in [1.165, 1.54) is 0 Å². The number of halogens is 1. The van der Waals surface area contributed by atoms with Gasteiger partial charge in [0.25, 0.3) is 0 Å². The minimum Gasteiger partial charge on any atom is -0.380 e. The van der Waals surface area contributed by atoms with Crippen molar-refractivity contribution in [3.8, 4) is 0 Å². The fourth-order valence-corrected chi connectivity index (χ4v) is 3.43. The molecule has 2 aromatic rings. The molecular weight excluding hydrogens is 282 g/mol. The maximum absolute atomic E-state index is 6.25. The first-order valence-corrected chi connectivity index (χ1v) is 7.93. The molecule has 1 aliphatic heterocycles. The SMILES string of the molecule is CC1CN(C)C(C)CC1Nc1cc(Cl)cc2cccnc12. The highest BCUT2D eigenvalue weighted by atomic mass is 35.5. The molecule has 0 saturated carbocycles. The van der Waals surface area contributed by atoms with Crippen LogP contribution in [-0.4, -0.2) is 35.6 Å². The van der Waals surface area contributed by atoms with Crippen molar-refractivity contribution in [3.05, 3.63) is 35.5 Å². The molecule has 0 radical (unpaired) electrons. The fraction of sp³-hybridized carbons (Fsp3) is 0.471. The molecular formula is C17H22ClN3. The Morgan fingerprint density at radius 1 is 1.33 bits per heavy atom. The van der Waals surface area contributed by atoms with E-state index in [9.17, 15) is 0 Å². The van der Waals surface area contributed by atoms with Gasteiger partial charge in [-0.05, 0) is 44.5 Å². The van der Waals surface area contributed by atoms with Crippen LogP contribution in [0.3, 0.4) is 0 Å². The van der Waals surface area contributed by atoms with Gasteiger partial charge in [0.05, 0.1) is 11.2 Å². The summed E-state index contributed by atoms with van der Waals surface area (Å²) in [6.45, 7) is 5.71. The Kier molecular flexibility index (Phi) is 4.05. The zero-order chi connectivity index (χ0) is 15.0. The Hall–Kier alpha value is -1.32. The summed E-state index contributed by atoms with van der Waals surface area (Å²) >= 11 is 6.25. The molecule has 0 bridgehead atoms. The lowest BCUT2D eigenvalue weighted by Crippen LogP contribution is -2.48. The lowest BCUT2D eigenvalue weighted by molar-refractivity contribution is 0.146. The second-order valence-corrected chi connectivity index (χ2v) is 6.72. The van der Waals surface area contributed by atoms with Gasteiger partial charge in [0.15, 0.2) is 0 Å². The predicted molar refractivity (Wildman–Crippen MR) is 90.0 cm³/mol. The van der Waals surface area contributed by atoms with Crippen LogP contribution in [0.15, 0.2) is 30.5 Å². The van der Waals surface area contributed by atoms with Crippen molar-refractivity contribution in [3.63, 3.8) is 0 Å². The number of nitrogens with zero attached hydrogens (tertiary/aromatic N) is 2. The number of benzene rings is 1. The van der Waals surface area contributed by atoms with E-state index < -0.39 is 0 Å². The normalized spacial score (nSPS) is 27.0.